The number of amides is 1. The summed E-state index contributed by atoms with van der Waals surface area (Å²) in [5.74, 6) is 1.19. The summed E-state index contributed by atoms with van der Waals surface area (Å²) in [5.41, 5.74) is 2.29. The van der Waals surface area contributed by atoms with Crippen molar-refractivity contribution in [2.45, 2.75) is 65.6 Å². The van der Waals surface area contributed by atoms with Gasteiger partial charge in [-0.1, -0.05) is 12.1 Å². The molecule has 0 aliphatic carbocycles. The summed E-state index contributed by atoms with van der Waals surface area (Å²) < 4.78 is 30.8. The number of alkyl carbamates (subject to hydrolysis) is 1. The van der Waals surface area contributed by atoms with Gasteiger partial charge < -0.3 is 19.5 Å². The van der Waals surface area contributed by atoms with Gasteiger partial charge in [0.1, 0.15) is 22.9 Å². The molecule has 1 fully saturated rings. The first-order valence-corrected chi connectivity index (χ1v) is 12.1. The van der Waals surface area contributed by atoms with E-state index in [4.69, 9.17) is 14.2 Å². The quantitative estimate of drug-likeness (QED) is 0.528. The maximum Gasteiger partial charge on any atom is 0.407 e. The number of nitrogens with zero attached hydrogens (tertiary/aromatic N) is 1. The highest BCUT2D eigenvalue weighted by molar-refractivity contribution is 5.77. The second kappa shape index (κ2) is 11.6. The summed E-state index contributed by atoms with van der Waals surface area (Å²) in [4.78, 5) is 14.4. The van der Waals surface area contributed by atoms with Gasteiger partial charge in [-0.25, -0.2) is 9.18 Å². The van der Waals surface area contributed by atoms with E-state index < -0.39 is 5.60 Å². The van der Waals surface area contributed by atoms with Crippen molar-refractivity contribution in [2.24, 2.45) is 0 Å². The third-order valence-electron chi connectivity index (χ3n) is 5.57. The third kappa shape index (κ3) is 7.35. The molecule has 1 aliphatic rings. The van der Waals surface area contributed by atoms with Gasteiger partial charge in [0.25, 0.3) is 0 Å². The highest BCUT2D eigenvalue weighted by Gasteiger charge is 2.24. The molecule has 0 spiro atoms. The van der Waals surface area contributed by atoms with E-state index in [-0.39, 0.29) is 18.0 Å². The van der Waals surface area contributed by atoms with Crippen molar-refractivity contribution in [3.05, 3.63) is 47.8 Å². The number of hydrogen-bond donors (Lipinski definition) is 1. The number of rotatable bonds is 8. The van der Waals surface area contributed by atoms with E-state index in [2.05, 4.69) is 22.3 Å². The number of nitrogens with one attached hydrogen (secondary N) is 1. The van der Waals surface area contributed by atoms with E-state index in [1.165, 1.54) is 12.1 Å². The van der Waals surface area contributed by atoms with Crippen LogP contribution in [0.25, 0.3) is 11.1 Å². The molecule has 0 radical (unpaired) electrons. The van der Waals surface area contributed by atoms with Crippen LogP contribution in [0, 0.1) is 5.82 Å². The predicted octanol–water partition coefficient (Wildman–Crippen LogP) is 5.78. The molecule has 0 atom stereocenters. The van der Waals surface area contributed by atoms with Gasteiger partial charge in [-0.2, -0.15) is 0 Å². The van der Waals surface area contributed by atoms with Gasteiger partial charge in [0.2, 0.25) is 0 Å². The third-order valence-corrected chi connectivity index (χ3v) is 5.57. The maximum absolute atomic E-state index is 13.5. The Bertz CT molecular complexity index is 921. The topological polar surface area (TPSA) is 60.0 Å². The summed E-state index contributed by atoms with van der Waals surface area (Å²) in [6.45, 7) is 13.0. The molecule has 1 N–H and O–H groups in total. The average Bonchev–Trinajstić information content (AvgIpc) is 2.75. The SMILES string of the molecule is CCOc1cc(CN2CCC(NC(=O)OC(C)(C)C)CC2)cc(OCC)c1-c1ccc(F)cc1. The van der Waals surface area contributed by atoms with E-state index in [1.54, 1.807) is 12.1 Å². The first-order chi connectivity index (χ1) is 16.2. The van der Waals surface area contributed by atoms with Gasteiger partial charge in [0.15, 0.2) is 0 Å². The van der Waals surface area contributed by atoms with Crippen LogP contribution < -0.4 is 14.8 Å². The monoisotopic (exact) mass is 472 g/mol. The number of halogens is 1. The number of carbonyl (C=O) groups is 1. The first-order valence-electron chi connectivity index (χ1n) is 12.1. The molecular weight excluding hydrogens is 435 g/mol. The summed E-state index contributed by atoms with van der Waals surface area (Å²) in [7, 11) is 0. The van der Waals surface area contributed by atoms with Gasteiger partial charge in [-0.05, 0) is 82.9 Å². The van der Waals surface area contributed by atoms with Crippen LogP contribution in [-0.4, -0.2) is 48.9 Å². The number of ether oxygens (including phenoxy) is 3. The molecule has 3 rings (SSSR count). The Morgan fingerprint density at radius 2 is 1.59 bits per heavy atom. The van der Waals surface area contributed by atoms with Crippen LogP contribution in [0.3, 0.4) is 0 Å². The van der Waals surface area contributed by atoms with Gasteiger partial charge in [0.05, 0.1) is 18.8 Å². The lowest BCUT2D eigenvalue weighted by Gasteiger charge is -2.33. The van der Waals surface area contributed by atoms with Gasteiger partial charge in [0, 0.05) is 25.7 Å². The lowest BCUT2D eigenvalue weighted by atomic mass is 9.99. The van der Waals surface area contributed by atoms with Crippen molar-refractivity contribution in [3.8, 4) is 22.6 Å². The lowest BCUT2D eigenvalue weighted by molar-refractivity contribution is 0.0477. The molecule has 0 aromatic heterocycles. The van der Waals surface area contributed by atoms with Crippen molar-refractivity contribution in [1.29, 1.82) is 0 Å². The fourth-order valence-electron chi connectivity index (χ4n) is 4.14. The average molecular weight is 473 g/mol. The molecule has 2 aromatic carbocycles. The van der Waals surface area contributed by atoms with E-state index in [0.717, 1.165) is 60.7 Å². The molecule has 34 heavy (non-hydrogen) atoms. The maximum atomic E-state index is 13.5. The van der Waals surface area contributed by atoms with Crippen LogP contribution in [0.4, 0.5) is 9.18 Å². The first kappa shape index (κ1) is 25.8. The Balaban J connectivity index is 1.71. The molecular formula is C27H37FN2O4. The molecule has 1 heterocycles. The Kier molecular flexibility index (Phi) is 8.78. The number of likely N-dealkylation sites (tertiary alicyclic amines) is 1. The highest BCUT2D eigenvalue weighted by atomic mass is 19.1. The van der Waals surface area contributed by atoms with E-state index in [1.807, 2.05) is 34.6 Å². The predicted molar refractivity (Wildman–Crippen MR) is 132 cm³/mol. The Morgan fingerprint density at radius 1 is 1.03 bits per heavy atom. The molecule has 2 aromatic rings. The molecule has 1 amide bonds. The lowest BCUT2D eigenvalue weighted by Crippen LogP contribution is -2.45. The smallest absolute Gasteiger partial charge is 0.407 e. The number of hydrogen-bond acceptors (Lipinski definition) is 5. The van der Waals surface area contributed by atoms with Crippen molar-refractivity contribution in [2.75, 3.05) is 26.3 Å². The minimum absolute atomic E-state index is 0.116. The van der Waals surface area contributed by atoms with Crippen LogP contribution in [0.15, 0.2) is 36.4 Å². The molecule has 0 unspecified atom stereocenters. The van der Waals surface area contributed by atoms with Crippen LogP contribution in [0.1, 0.15) is 53.0 Å². The van der Waals surface area contributed by atoms with Crippen molar-refractivity contribution >= 4 is 6.09 Å². The largest absolute Gasteiger partial charge is 0.493 e. The van der Waals surface area contributed by atoms with Gasteiger partial charge in [-0.15, -0.1) is 0 Å². The molecule has 6 nitrogen and oxygen atoms in total. The van der Waals surface area contributed by atoms with Crippen molar-refractivity contribution in [3.63, 3.8) is 0 Å². The molecule has 7 heteroatoms. The van der Waals surface area contributed by atoms with E-state index in [9.17, 15) is 9.18 Å². The minimum Gasteiger partial charge on any atom is -0.493 e. The van der Waals surface area contributed by atoms with Crippen molar-refractivity contribution < 1.29 is 23.4 Å². The molecule has 0 bridgehead atoms. The summed E-state index contributed by atoms with van der Waals surface area (Å²) >= 11 is 0. The summed E-state index contributed by atoms with van der Waals surface area (Å²) in [6.07, 6.45) is 1.37. The van der Waals surface area contributed by atoms with Crippen molar-refractivity contribution in [1.82, 2.24) is 10.2 Å². The standard InChI is InChI=1S/C27H37FN2O4/c1-6-32-23-16-19(17-24(33-7-2)25(23)20-8-10-21(28)11-9-20)18-30-14-12-22(13-15-30)29-26(31)34-27(3,4)5/h8-11,16-17,22H,6-7,12-15,18H2,1-5H3,(H,29,31). The number of carbonyl (C=O) groups excluding carboxylic acids is 1. The van der Waals surface area contributed by atoms with Gasteiger partial charge >= 0.3 is 6.09 Å². The van der Waals surface area contributed by atoms with Crippen LogP contribution in [-0.2, 0) is 11.3 Å². The second-order valence-corrected chi connectivity index (χ2v) is 9.54. The fraction of sp³-hybridized carbons (Fsp3) is 0.519. The summed E-state index contributed by atoms with van der Waals surface area (Å²) in [5, 5.41) is 2.99. The molecule has 1 saturated heterocycles. The Hall–Kier alpha value is -2.80. The zero-order chi connectivity index (χ0) is 24.7. The van der Waals surface area contributed by atoms with Crippen LogP contribution >= 0.6 is 0 Å². The fourth-order valence-corrected chi connectivity index (χ4v) is 4.14. The number of piperidine rings is 1. The Morgan fingerprint density at radius 3 is 2.09 bits per heavy atom. The summed E-state index contributed by atoms with van der Waals surface area (Å²) in [6, 6.07) is 10.6. The second-order valence-electron chi connectivity index (χ2n) is 9.54. The normalized spacial score (nSPS) is 15.1. The highest BCUT2D eigenvalue weighted by Crippen LogP contribution is 2.40. The molecule has 186 valence electrons. The zero-order valence-electron chi connectivity index (χ0n) is 20.9. The van der Waals surface area contributed by atoms with Crippen LogP contribution in [0.5, 0.6) is 11.5 Å². The van der Waals surface area contributed by atoms with E-state index >= 15 is 0 Å². The number of benzene rings is 2. The van der Waals surface area contributed by atoms with E-state index in [0.29, 0.717) is 13.2 Å². The Labute approximate surface area is 202 Å². The van der Waals surface area contributed by atoms with Gasteiger partial charge in [-0.3, -0.25) is 4.90 Å². The zero-order valence-corrected chi connectivity index (χ0v) is 20.9. The minimum atomic E-state index is -0.499. The molecule has 1 aliphatic heterocycles. The van der Waals surface area contributed by atoms with Crippen LogP contribution in [0.2, 0.25) is 0 Å². The molecule has 0 saturated carbocycles.